The van der Waals surface area contributed by atoms with Gasteiger partial charge < -0.3 is 9.64 Å². The highest BCUT2D eigenvalue weighted by molar-refractivity contribution is 6.09. The van der Waals surface area contributed by atoms with Crippen molar-refractivity contribution in [1.29, 1.82) is 0 Å². The number of alkyl halides is 3. The fourth-order valence-corrected chi connectivity index (χ4v) is 3.53. The lowest BCUT2D eigenvalue weighted by Crippen LogP contribution is -2.63. The van der Waals surface area contributed by atoms with E-state index in [1.807, 2.05) is 0 Å². The summed E-state index contributed by atoms with van der Waals surface area (Å²) in [5.74, 6) is -3.62. The van der Waals surface area contributed by atoms with E-state index < -0.39 is 41.6 Å². The average molecular weight is 330 g/mol. The van der Waals surface area contributed by atoms with Crippen molar-refractivity contribution in [3.8, 4) is 0 Å². The van der Waals surface area contributed by atoms with Gasteiger partial charge in [0.15, 0.2) is 0 Å². The Morgan fingerprint density at radius 3 is 2.61 bits per heavy atom. The van der Waals surface area contributed by atoms with Crippen molar-refractivity contribution >= 4 is 17.9 Å². The normalized spacial score (nSPS) is 32.8. The molecule has 124 valence electrons. The van der Waals surface area contributed by atoms with Crippen LogP contribution in [0.4, 0.5) is 18.0 Å². The largest absolute Gasteiger partial charge is 0.490 e. The minimum atomic E-state index is -5.12. The first-order chi connectivity index (χ1) is 10.6. The number of likely N-dealkylation sites (N-methyl/N-ethyl adjacent to an activating group) is 2. The Morgan fingerprint density at radius 2 is 2.00 bits per heavy atom. The Hall–Kier alpha value is -2.32. The standard InChI is InChI=1S/C14H13F3N2O4/c1-18-10(20)8-6-9(23-11(21)14(15,16)17)7-4-3-5-13(7,8)19(2)12(18)22/h3-4,6-7,9H,5H2,1-2H3/t7-,9+,13?/m1/s1. The van der Waals surface area contributed by atoms with E-state index in [-0.39, 0.29) is 12.0 Å². The summed E-state index contributed by atoms with van der Waals surface area (Å²) in [6.07, 6.45) is -1.60. The van der Waals surface area contributed by atoms with Crippen LogP contribution >= 0.6 is 0 Å². The van der Waals surface area contributed by atoms with Crippen LogP contribution in [-0.4, -0.2) is 59.6 Å². The third kappa shape index (κ3) is 1.91. The van der Waals surface area contributed by atoms with Crippen molar-refractivity contribution in [3.63, 3.8) is 0 Å². The Kier molecular flexibility index (Phi) is 3.11. The highest BCUT2D eigenvalue weighted by Crippen LogP contribution is 2.51. The molecule has 1 aliphatic heterocycles. The molecule has 0 bridgehead atoms. The topological polar surface area (TPSA) is 66.9 Å². The summed E-state index contributed by atoms with van der Waals surface area (Å²) in [4.78, 5) is 37.9. The monoisotopic (exact) mass is 330 g/mol. The zero-order valence-electron chi connectivity index (χ0n) is 12.3. The molecule has 0 aromatic carbocycles. The molecule has 1 saturated heterocycles. The molecule has 0 N–H and O–H groups in total. The number of urea groups is 1. The van der Waals surface area contributed by atoms with Crippen LogP contribution in [0.5, 0.6) is 0 Å². The molecular formula is C14H13F3N2O4. The quantitative estimate of drug-likeness (QED) is 0.536. The maximum atomic E-state index is 12.4. The van der Waals surface area contributed by atoms with Gasteiger partial charge in [-0.15, -0.1) is 0 Å². The number of carbonyl (C=O) groups is 3. The lowest BCUT2D eigenvalue weighted by molar-refractivity contribution is -0.204. The van der Waals surface area contributed by atoms with Crippen LogP contribution in [0.25, 0.3) is 0 Å². The summed E-state index contributed by atoms with van der Waals surface area (Å²) in [7, 11) is 2.77. The molecule has 3 rings (SSSR count). The number of rotatable bonds is 1. The Morgan fingerprint density at radius 1 is 1.35 bits per heavy atom. The molecule has 1 spiro atoms. The molecule has 3 atom stereocenters. The highest BCUT2D eigenvalue weighted by Gasteiger charge is 2.62. The molecule has 0 radical (unpaired) electrons. The molecule has 0 aromatic heterocycles. The Labute approximate surface area is 129 Å². The van der Waals surface area contributed by atoms with Gasteiger partial charge in [-0.05, 0) is 12.5 Å². The number of hydrogen-bond donors (Lipinski definition) is 0. The van der Waals surface area contributed by atoms with Gasteiger partial charge in [0, 0.05) is 25.6 Å². The summed E-state index contributed by atoms with van der Waals surface area (Å²) in [5, 5.41) is 0. The Balaban J connectivity index is 2.00. The fraction of sp³-hybridized carbons (Fsp3) is 0.500. The van der Waals surface area contributed by atoms with Crippen LogP contribution in [0, 0.1) is 5.92 Å². The smallest absolute Gasteiger partial charge is 0.451 e. The van der Waals surface area contributed by atoms with Gasteiger partial charge in [0.2, 0.25) is 0 Å². The number of esters is 1. The van der Waals surface area contributed by atoms with E-state index in [2.05, 4.69) is 4.74 Å². The minimum Gasteiger partial charge on any atom is -0.451 e. The highest BCUT2D eigenvalue weighted by atomic mass is 19.4. The van der Waals surface area contributed by atoms with E-state index in [0.717, 1.165) is 4.90 Å². The number of carbonyl (C=O) groups excluding carboxylic acids is 3. The summed E-state index contributed by atoms with van der Waals surface area (Å²) in [6, 6.07) is -0.552. The molecule has 1 heterocycles. The van der Waals surface area contributed by atoms with E-state index in [1.165, 1.54) is 25.1 Å². The number of halogens is 3. The first-order valence-electron chi connectivity index (χ1n) is 6.83. The van der Waals surface area contributed by atoms with Crippen LogP contribution in [-0.2, 0) is 14.3 Å². The number of ether oxygens (including phenoxy) is 1. The average Bonchev–Trinajstić information content (AvgIpc) is 3.01. The van der Waals surface area contributed by atoms with E-state index in [9.17, 15) is 27.6 Å². The van der Waals surface area contributed by atoms with Crippen LogP contribution in [0.3, 0.4) is 0 Å². The third-order valence-corrected chi connectivity index (χ3v) is 4.66. The van der Waals surface area contributed by atoms with Crippen molar-refractivity contribution in [3.05, 3.63) is 23.8 Å². The second-order valence-electron chi connectivity index (χ2n) is 5.74. The fourth-order valence-electron chi connectivity index (χ4n) is 3.53. The van der Waals surface area contributed by atoms with Gasteiger partial charge in [-0.1, -0.05) is 12.2 Å². The Bertz CT molecular complexity index is 669. The van der Waals surface area contributed by atoms with Crippen molar-refractivity contribution in [2.45, 2.75) is 24.2 Å². The van der Waals surface area contributed by atoms with Crippen LogP contribution in [0.15, 0.2) is 23.8 Å². The zero-order valence-corrected chi connectivity index (χ0v) is 12.3. The molecule has 1 unspecified atom stereocenters. The number of hydrogen-bond acceptors (Lipinski definition) is 4. The molecular weight excluding hydrogens is 317 g/mol. The molecule has 3 aliphatic rings. The molecule has 1 fully saturated rings. The van der Waals surface area contributed by atoms with Gasteiger partial charge in [-0.3, -0.25) is 9.69 Å². The summed E-state index contributed by atoms with van der Waals surface area (Å²) in [6.45, 7) is 0. The number of amides is 3. The van der Waals surface area contributed by atoms with Crippen LogP contribution in [0.2, 0.25) is 0 Å². The molecule has 0 saturated carbocycles. The van der Waals surface area contributed by atoms with E-state index >= 15 is 0 Å². The van der Waals surface area contributed by atoms with Gasteiger partial charge >= 0.3 is 18.2 Å². The first kappa shape index (κ1) is 15.6. The maximum Gasteiger partial charge on any atom is 0.490 e. The molecule has 23 heavy (non-hydrogen) atoms. The third-order valence-electron chi connectivity index (χ3n) is 4.66. The summed E-state index contributed by atoms with van der Waals surface area (Å²) >= 11 is 0. The van der Waals surface area contributed by atoms with E-state index in [0.29, 0.717) is 0 Å². The molecule has 2 aliphatic carbocycles. The first-order valence-corrected chi connectivity index (χ1v) is 6.83. The predicted octanol–water partition coefficient (Wildman–Crippen LogP) is 1.24. The second kappa shape index (κ2) is 4.59. The lowest BCUT2D eigenvalue weighted by atomic mass is 9.80. The molecule has 3 amide bonds. The molecule has 6 nitrogen and oxygen atoms in total. The van der Waals surface area contributed by atoms with Gasteiger partial charge in [0.05, 0.1) is 5.54 Å². The van der Waals surface area contributed by atoms with E-state index in [1.54, 1.807) is 12.2 Å². The molecule has 9 heteroatoms. The second-order valence-corrected chi connectivity index (χ2v) is 5.74. The van der Waals surface area contributed by atoms with Crippen molar-refractivity contribution in [2.75, 3.05) is 14.1 Å². The summed E-state index contributed by atoms with van der Waals surface area (Å²) in [5.41, 5.74) is -0.908. The van der Waals surface area contributed by atoms with Gasteiger partial charge in [0.25, 0.3) is 5.91 Å². The maximum absolute atomic E-state index is 12.4. The van der Waals surface area contributed by atoms with Gasteiger partial charge in [-0.2, -0.15) is 13.2 Å². The molecule has 0 aromatic rings. The van der Waals surface area contributed by atoms with Crippen molar-refractivity contribution < 1.29 is 32.3 Å². The number of nitrogens with zero attached hydrogens (tertiary/aromatic N) is 2. The lowest BCUT2D eigenvalue weighted by Gasteiger charge is -2.47. The SMILES string of the molecule is CN1C(=O)C2=C[C@H](OC(=O)C(F)(F)F)[C@H]3C=CCC23N(C)C1=O. The van der Waals surface area contributed by atoms with Gasteiger partial charge in [-0.25, -0.2) is 9.59 Å². The van der Waals surface area contributed by atoms with E-state index in [4.69, 9.17) is 0 Å². The van der Waals surface area contributed by atoms with Crippen molar-refractivity contribution in [2.24, 2.45) is 5.92 Å². The van der Waals surface area contributed by atoms with Crippen LogP contribution < -0.4 is 0 Å². The zero-order chi connectivity index (χ0) is 17.2. The van der Waals surface area contributed by atoms with Crippen LogP contribution in [0.1, 0.15) is 6.42 Å². The van der Waals surface area contributed by atoms with Crippen molar-refractivity contribution in [1.82, 2.24) is 9.80 Å². The van der Waals surface area contributed by atoms with Gasteiger partial charge in [0.1, 0.15) is 6.10 Å². The summed E-state index contributed by atoms with van der Waals surface area (Å²) < 4.78 is 41.9. The number of imide groups is 1. The minimum absolute atomic E-state index is 0.178. The predicted molar refractivity (Wildman–Crippen MR) is 69.9 cm³/mol.